The third-order valence-electron chi connectivity index (χ3n) is 7.35. The van der Waals surface area contributed by atoms with Crippen molar-refractivity contribution < 1.29 is 4.39 Å². The second-order valence-corrected chi connectivity index (χ2v) is 10.1. The van der Waals surface area contributed by atoms with Crippen LogP contribution in [0.4, 0.5) is 27.3 Å². The Morgan fingerprint density at radius 2 is 1.97 bits per heavy atom. The molecule has 8 heteroatoms. The van der Waals surface area contributed by atoms with Gasteiger partial charge in [-0.2, -0.15) is 0 Å². The highest BCUT2D eigenvalue weighted by atomic mass is 35.5. The van der Waals surface area contributed by atoms with Gasteiger partial charge in [-0.3, -0.25) is 0 Å². The van der Waals surface area contributed by atoms with Gasteiger partial charge in [0.25, 0.3) is 0 Å². The Balaban J connectivity index is 1.22. The quantitative estimate of drug-likeness (QED) is 0.404. The Kier molecular flexibility index (Phi) is 6.01. The summed E-state index contributed by atoms with van der Waals surface area (Å²) in [7, 11) is 2.23. The molecule has 174 valence electrons. The topological polar surface area (TPSA) is 79.1 Å². The lowest BCUT2D eigenvalue weighted by Gasteiger charge is -2.52. The molecule has 2 aromatic carbocycles. The highest BCUT2D eigenvalue weighted by Gasteiger charge is 2.44. The molecular formula is C25H30ClFN6. The second kappa shape index (κ2) is 8.95. The Bertz CT molecular complexity index is 1150. The lowest BCUT2D eigenvalue weighted by Crippen LogP contribution is -2.46. The predicted molar refractivity (Wildman–Crippen MR) is 134 cm³/mol. The molecule has 1 spiro atoms. The maximum Gasteiger partial charge on any atom is 0.141 e. The van der Waals surface area contributed by atoms with Gasteiger partial charge in [0.1, 0.15) is 18.0 Å². The van der Waals surface area contributed by atoms with Crippen LogP contribution >= 0.6 is 11.6 Å². The van der Waals surface area contributed by atoms with E-state index in [1.807, 2.05) is 12.1 Å². The third kappa shape index (κ3) is 4.70. The molecule has 33 heavy (non-hydrogen) atoms. The van der Waals surface area contributed by atoms with Gasteiger partial charge < -0.3 is 21.3 Å². The maximum absolute atomic E-state index is 13.5. The summed E-state index contributed by atoms with van der Waals surface area (Å²) in [5.41, 5.74) is 9.95. The van der Waals surface area contributed by atoms with Crippen molar-refractivity contribution >= 4 is 45.4 Å². The van der Waals surface area contributed by atoms with Crippen molar-refractivity contribution in [2.24, 2.45) is 11.3 Å². The van der Waals surface area contributed by atoms with E-state index in [2.05, 4.69) is 32.5 Å². The molecule has 0 atom stereocenters. The Hall–Kier alpha value is -2.64. The molecule has 1 aliphatic carbocycles. The summed E-state index contributed by atoms with van der Waals surface area (Å²) in [5.74, 6) is 0.945. The van der Waals surface area contributed by atoms with Crippen LogP contribution < -0.4 is 16.4 Å². The van der Waals surface area contributed by atoms with Gasteiger partial charge in [0.05, 0.1) is 21.9 Å². The van der Waals surface area contributed by atoms with Crippen LogP contribution in [0.2, 0.25) is 5.02 Å². The second-order valence-electron chi connectivity index (χ2n) is 9.73. The average Bonchev–Trinajstić information content (AvgIpc) is 2.77. The van der Waals surface area contributed by atoms with Gasteiger partial charge in [-0.1, -0.05) is 11.6 Å². The molecule has 2 fully saturated rings. The van der Waals surface area contributed by atoms with Gasteiger partial charge in [0.15, 0.2) is 0 Å². The third-order valence-corrected chi connectivity index (χ3v) is 7.64. The van der Waals surface area contributed by atoms with E-state index in [0.29, 0.717) is 22.6 Å². The molecule has 0 radical (unpaired) electrons. The first-order valence-corrected chi connectivity index (χ1v) is 12.0. The Morgan fingerprint density at radius 1 is 1.18 bits per heavy atom. The summed E-state index contributed by atoms with van der Waals surface area (Å²) < 4.78 is 13.5. The van der Waals surface area contributed by atoms with Crippen LogP contribution in [0.15, 0.2) is 36.7 Å². The molecule has 0 unspecified atom stereocenters. The first-order chi connectivity index (χ1) is 15.9. The molecule has 1 saturated carbocycles. The summed E-state index contributed by atoms with van der Waals surface area (Å²) in [5, 5.41) is 7.55. The molecule has 4 N–H and O–H groups in total. The van der Waals surface area contributed by atoms with E-state index in [0.717, 1.165) is 35.5 Å². The monoisotopic (exact) mass is 468 g/mol. The fourth-order valence-corrected chi connectivity index (χ4v) is 5.54. The number of hydrogen-bond donors (Lipinski definition) is 3. The summed E-state index contributed by atoms with van der Waals surface area (Å²) in [6.45, 7) is 3.39. The van der Waals surface area contributed by atoms with Crippen LogP contribution in [-0.2, 0) is 0 Å². The number of fused-ring (bicyclic) bond motifs is 1. The Labute approximate surface area is 198 Å². The number of halogens is 2. The lowest BCUT2D eigenvalue weighted by molar-refractivity contribution is -0.00860. The number of aromatic nitrogens is 2. The zero-order chi connectivity index (χ0) is 23.0. The van der Waals surface area contributed by atoms with Crippen LogP contribution in [-0.4, -0.2) is 41.5 Å². The Morgan fingerprint density at radius 3 is 2.73 bits per heavy atom. The van der Waals surface area contributed by atoms with Crippen molar-refractivity contribution in [3.63, 3.8) is 0 Å². The molecule has 6 nitrogen and oxygen atoms in total. The van der Waals surface area contributed by atoms with Crippen LogP contribution in [0.5, 0.6) is 0 Å². The first kappa shape index (κ1) is 22.2. The molecule has 2 aliphatic rings. The summed E-state index contributed by atoms with van der Waals surface area (Å²) in [6, 6.07) is 8.31. The van der Waals surface area contributed by atoms with Gasteiger partial charge in [-0.15, -0.1) is 0 Å². The van der Waals surface area contributed by atoms with Crippen molar-refractivity contribution in [1.82, 2.24) is 14.9 Å². The van der Waals surface area contributed by atoms with Crippen LogP contribution in [0.3, 0.4) is 0 Å². The number of rotatable bonds is 6. The van der Waals surface area contributed by atoms with Gasteiger partial charge in [0.2, 0.25) is 0 Å². The number of hydrogen-bond acceptors (Lipinski definition) is 6. The number of nitrogens with one attached hydrogen (secondary N) is 2. The lowest BCUT2D eigenvalue weighted by atomic mass is 9.57. The normalized spacial score (nSPS) is 18.4. The number of nitrogen functional groups attached to an aromatic ring is 1. The van der Waals surface area contributed by atoms with E-state index in [4.69, 9.17) is 17.3 Å². The average molecular weight is 469 g/mol. The fraction of sp³-hybridized carbons (Fsp3) is 0.440. The van der Waals surface area contributed by atoms with Crippen molar-refractivity contribution in [2.75, 3.05) is 43.0 Å². The molecule has 1 saturated heterocycles. The maximum atomic E-state index is 13.5. The predicted octanol–water partition coefficient (Wildman–Crippen LogP) is 5.67. The fourth-order valence-electron chi connectivity index (χ4n) is 5.36. The number of benzene rings is 2. The van der Waals surface area contributed by atoms with Crippen LogP contribution in [0, 0.1) is 17.2 Å². The van der Waals surface area contributed by atoms with Crippen molar-refractivity contribution in [3.05, 3.63) is 47.5 Å². The van der Waals surface area contributed by atoms with Gasteiger partial charge >= 0.3 is 0 Å². The number of likely N-dealkylation sites (tertiary alicyclic amines) is 1. The van der Waals surface area contributed by atoms with E-state index in [1.165, 1.54) is 57.2 Å². The standard InChI is InChI=1S/C25H30ClFN6/c1-33-8-5-25(6-9-33)13-16(14-25)4-7-29-23-12-22-18(11-21(23)28)24(31-15-30-22)32-17-2-3-20(27)19(26)10-17/h2-3,10-12,15-16,29H,4-9,13-14,28H2,1H3,(H,30,31,32). The molecule has 1 aliphatic heterocycles. The minimum absolute atomic E-state index is 0.0533. The largest absolute Gasteiger partial charge is 0.397 e. The van der Waals surface area contributed by atoms with Gasteiger partial charge in [-0.25, -0.2) is 14.4 Å². The molecule has 3 aromatic rings. The van der Waals surface area contributed by atoms with Gasteiger partial charge in [-0.05, 0) is 93.9 Å². The molecular weight excluding hydrogens is 439 g/mol. The van der Waals surface area contributed by atoms with E-state index in [1.54, 1.807) is 6.07 Å². The van der Waals surface area contributed by atoms with E-state index in [9.17, 15) is 4.39 Å². The molecule has 0 amide bonds. The highest BCUT2D eigenvalue weighted by molar-refractivity contribution is 6.31. The highest BCUT2D eigenvalue weighted by Crippen LogP contribution is 2.53. The summed E-state index contributed by atoms with van der Waals surface area (Å²) in [4.78, 5) is 11.2. The summed E-state index contributed by atoms with van der Waals surface area (Å²) in [6.07, 6.45) is 8.11. The van der Waals surface area contributed by atoms with Crippen molar-refractivity contribution in [1.29, 1.82) is 0 Å². The molecule has 0 bridgehead atoms. The summed E-state index contributed by atoms with van der Waals surface area (Å²) >= 11 is 5.90. The van der Waals surface area contributed by atoms with Crippen molar-refractivity contribution in [2.45, 2.75) is 32.1 Å². The zero-order valence-corrected chi connectivity index (χ0v) is 19.6. The molecule has 2 heterocycles. The van der Waals surface area contributed by atoms with Gasteiger partial charge in [0, 0.05) is 17.6 Å². The number of nitrogens with zero attached hydrogens (tertiary/aromatic N) is 3. The van der Waals surface area contributed by atoms with E-state index < -0.39 is 5.82 Å². The van der Waals surface area contributed by atoms with Crippen LogP contribution in [0.1, 0.15) is 32.1 Å². The van der Waals surface area contributed by atoms with E-state index in [-0.39, 0.29) is 5.02 Å². The first-order valence-electron chi connectivity index (χ1n) is 11.6. The smallest absolute Gasteiger partial charge is 0.141 e. The minimum Gasteiger partial charge on any atom is -0.397 e. The number of anilines is 4. The SMILES string of the molecule is CN1CCC2(CC1)CC(CCNc1cc3ncnc(Nc4ccc(F)c(Cl)c4)c3cc1N)C2. The zero-order valence-electron chi connectivity index (χ0n) is 18.9. The number of nitrogens with two attached hydrogens (primary N) is 1. The number of piperidine rings is 1. The van der Waals surface area contributed by atoms with E-state index >= 15 is 0 Å². The molecule has 1 aromatic heterocycles. The molecule has 5 rings (SSSR count). The van der Waals surface area contributed by atoms with Crippen molar-refractivity contribution in [3.8, 4) is 0 Å². The van der Waals surface area contributed by atoms with Crippen LogP contribution in [0.25, 0.3) is 10.9 Å². The minimum atomic E-state index is -0.460.